The largest absolute Gasteiger partial charge is 0.490 e. The summed E-state index contributed by atoms with van der Waals surface area (Å²) in [5, 5.41) is 68.7. The maximum absolute atomic E-state index is 15.0. The van der Waals surface area contributed by atoms with Crippen LogP contribution in [0.2, 0.25) is 0 Å². The summed E-state index contributed by atoms with van der Waals surface area (Å²) in [5.41, 5.74) is 23.4. The van der Waals surface area contributed by atoms with Crippen LogP contribution in [0.25, 0.3) is 31.9 Å². The van der Waals surface area contributed by atoms with E-state index in [4.69, 9.17) is 52.3 Å². The second kappa shape index (κ2) is 41.1. The summed E-state index contributed by atoms with van der Waals surface area (Å²) in [6, 6.07) is 5.16. The molecule has 94 heavy (non-hydrogen) atoms. The van der Waals surface area contributed by atoms with Crippen LogP contribution >= 0.6 is 38.2 Å². The molecular weight excluding hydrogens is 1370 g/mol. The standard InChI is InChI=1S/C11H14F2N7O12P3.C11H11F2N7O3.C8H22N2O7P2.2C8H18.CH4/c12-6-7(4-1-2-5-9(14)16-10(13)17-20(4)5)30-11(8(6)21,18-19-15)3-29-34(25,26)32-35(27,28)31-33(22,23)24;12-6-7(23-11(3-21,8(6)22)18-19-15)4-1-2-5-9(14)16-10(13)17-20(4)5;1-3-5-7-9-19(16-12,17-15-11,18(13)14)10-8-6-4-2;2*1-3-5-7-8-6-4-2;/h1-2,6-8,21H,3H2,(H,25,26)(H,27,28)(H2,14,16,17)(H2,22,23,24);1-2,6-8,21-22H,3H2,(H2,14,16,17);9-12H,3-8H2,1-2H3;2*3-8H2,1-2H3;1H4/t2*6-,7-,8-,11+;;;;/m00..../s1. The minimum Gasteiger partial charge on any atom is -0.393 e. The predicted octanol–water partition coefficient (Wildman–Crippen LogP) is 10.1. The summed E-state index contributed by atoms with van der Waals surface area (Å²) in [6.45, 7) is 10.8. The molecule has 6 rings (SSSR count). The van der Waals surface area contributed by atoms with Crippen molar-refractivity contribution < 1.29 is 123 Å². The molecule has 6 heterocycles. The Balaban J connectivity index is 0.000000650. The van der Waals surface area contributed by atoms with E-state index >= 15 is 4.39 Å². The number of unbranched alkanes of at least 4 members (excludes halogenated alkanes) is 12. The third kappa shape index (κ3) is 24.8. The molecule has 0 bridgehead atoms. The fourth-order valence-electron chi connectivity index (χ4n) is 8.57. The molecule has 3 unspecified atom stereocenters. The first-order valence-corrected chi connectivity index (χ1v) is 37.4. The van der Waals surface area contributed by atoms with Gasteiger partial charge in [-0.3, -0.25) is 4.52 Å². The zero-order valence-electron chi connectivity index (χ0n) is 51.5. The maximum Gasteiger partial charge on any atom is 0.490 e. The smallest absolute Gasteiger partial charge is 0.393 e. The van der Waals surface area contributed by atoms with Crippen LogP contribution in [0.5, 0.6) is 0 Å². The Kier molecular flexibility index (Phi) is 38.3. The van der Waals surface area contributed by atoms with Crippen LogP contribution in [0.1, 0.15) is 175 Å². The Hall–Kier alpha value is -4.40. The maximum atomic E-state index is 15.0. The van der Waals surface area contributed by atoms with Gasteiger partial charge < -0.3 is 55.8 Å². The van der Waals surface area contributed by atoms with Crippen LogP contribution < -0.4 is 26.5 Å². The fourth-order valence-corrected chi connectivity index (χ4v) is 15.3. The number of ether oxygens (including phenoxy) is 2. The zero-order valence-corrected chi connectivity index (χ0v) is 56.0. The average molecular weight is 1460 g/mol. The number of nitrogens with zero attached hydrogens (tertiary/aromatic N) is 12. The van der Waals surface area contributed by atoms with Gasteiger partial charge in [0.15, 0.2) is 35.4 Å². The number of nitrogen functional groups attached to an aromatic ring is 2. The Morgan fingerprint density at radius 3 is 1.41 bits per heavy atom. The van der Waals surface area contributed by atoms with E-state index in [0.29, 0.717) is 12.8 Å². The zero-order chi connectivity index (χ0) is 70.5. The van der Waals surface area contributed by atoms with Gasteiger partial charge >= 0.3 is 148 Å². The second-order valence-corrected chi connectivity index (χ2v) is 31.2. The molecule has 0 aliphatic carbocycles. The summed E-state index contributed by atoms with van der Waals surface area (Å²) >= 11 is 0. The molecular formula is C47H87F4N16O22P5. The average Bonchev–Trinajstić information content (AvgIpc) is 1.34. The number of phosphoric acid groups is 3. The number of halogens is 4. The quantitative estimate of drug-likeness (QED) is 0.00302. The van der Waals surface area contributed by atoms with Gasteiger partial charge in [-0.15, -0.1) is 10.2 Å². The molecule has 0 saturated carbocycles. The molecule has 540 valence electrons. The summed E-state index contributed by atoms with van der Waals surface area (Å²) in [6.07, 6.45) is 5.19. The minimum absolute atomic E-state index is 0. The van der Waals surface area contributed by atoms with Gasteiger partial charge in [-0.05, 0) is 35.3 Å². The van der Waals surface area contributed by atoms with Crippen LogP contribution in [-0.4, -0.2) is 137 Å². The Morgan fingerprint density at radius 2 is 1.07 bits per heavy atom. The van der Waals surface area contributed by atoms with E-state index in [1.807, 2.05) is 13.8 Å². The van der Waals surface area contributed by atoms with Gasteiger partial charge in [-0.2, -0.15) is 27.4 Å². The van der Waals surface area contributed by atoms with Gasteiger partial charge in [0.25, 0.3) is 0 Å². The number of nitrogens with two attached hydrogens (primary N) is 2. The number of alkyl halides is 2. The monoisotopic (exact) mass is 1460 g/mol. The number of hydrogen-bond acceptors (Lipinski definition) is 28. The molecule has 15 N–H and O–H groups in total. The van der Waals surface area contributed by atoms with Crippen molar-refractivity contribution in [3.8, 4) is 0 Å². The van der Waals surface area contributed by atoms with Crippen molar-refractivity contribution in [2.75, 3.05) is 37.8 Å². The molecule has 11 atom stereocenters. The molecule has 4 aromatic heterocycles. The normalized spacial score (nSPS) is 22.7. The summed E-state index contributed by atoms with van der Waals surface area (Å²) in [4.78, 5) is 58.8. The Bertz CT molecular complexity index is 3190. The molecule has 2 aliphatic rings. The molecule has 0 amide bonds. The molecule has 38 nitrogen and oxygen atoms in total. The van der Waals surface area contributed by atoms with Crippen molar-refractivity contribution in [3.05, 3.63) is 68.7 Å². The number of fused-ring (bicyclic) bond motifs is 2. The van der Waals surface area contributed by atoms with E-state index in [2.05, 4.69) is 106 Å². The predicted molar refractivity (Wildman–Crippen MR) is 329 cm³/mol. The van der Waals surface area contributed by atoms with Crippen molar-refractivity contribution in [3.63, 3.8) is 0 Å². The number of phosphoric ester groups is 1. The van der Waals surface area contributed by atoms with E-state index in [1.54, 1.807) is 0 Å². The fraction of sp³-hybridized carbons (Fsp3) is 0.745. The molecule has 0 aromatic carbocycles. The van der Waals surface area contributed by atoms with Crippen molar-refractivity contribution in [2.24, 2.45) is 10.2 Å². The molecule has 0 radical (unpaired) electrons. The first-order valence-electron chi connectivity index (χ1n) is 28.9. The van der Waals surface area contributed by atoms with Crippen molar-refractivity contribution in [1.82, 2.24) is 39.4 Å². The van der Waals surface area contributed by atoms with Gasteiger partial charge in [-0.25, -0.2) is 31.5 Å². The topological polar surface area (TPSA) is 581 Å². The first-order chi connectivity index (χ1) is 43.8. The first kappa shape index (κ1) is 87.6. The van der Waals surface area contributed by atoms with Crippen molar-refractivity contribution in [1.29, 1.82) is 0 Å². The third-order valence-corrected chi connectivity index (χ3v) is 22.9. The Labute approximate surface area is 538 Å². The number of aliphatic hydroxyl groups excluding tert-OH is 3. The summed E-state index contributed by atoms with van der Waals surface area (Å²) in [7, 11) is -25.7. The number of nitrogens with one attached hydrogen (secondary N) is 2. The van der Waals surface area contributed by atoms with Gasteiger partial charge in [0.1, 0.15) is 35.4 Å². The number of hydrogen-bond donors (Lipinski definition) is 13. The van der Waals surface area contributed by atoms with Crippen molar-refractivity contribution >= 4 is 60.9 Å². The third-order valence-electron chi connectivity index (χ3n) is 13.3. The molecule has 4 aromatic rings. The van der Waals surface area contributed by atoms with E-state index in [1.165, 1.54) is 95.2 Å². The van der Waals surface area contributed by atoms with Crippen molar-refractivity contribution in [2.45, 2.75) is 200 Å². The summed E-state index contributed by atoms with van der Waals surface area (Å²) in [5.74, 6) is -0.507. The van der Waals surface area contributed by atoms with E-state index < -0.39 is 112 Å². The molecule has 0 spiro atoms. The number of rotatable bonds is 34. The molecule has 2 saturated heterocycles. The molecule has 47 heteroatoms. The van der Waals surface area contributed by atoms with Crippen LogP contribution in [0.4, 0.5) is 29.2 Å². The number of azide groups is 2. The van der Waals surface area contributed by atoms with Gasteiger partial charge in [0, 0.05) is 9.82 Å². The van der Waals surface area contributed by atoms with Gasteiger partial charge in [0.05, 0.1) is 24.6 Å². The minimum atomic E-state index is -5.90. The van der Waals surface area contributed by atoms with Gasteiger partial charge in [-0.1, -0.05) is 122 Å². The number of aromatic nitrogens is 6. The van der Waals surface area contributed by atoms with E-state index in [0.717, 1.165) is 27.9 Å². The number of anilines is 2. The molecule has 2 aliphatic heterocycles. The molecule has 2 fully saturated rings. The van der Waals surface area contributed by atoms with Crippen LogP contribution in [-0.2, 0) is 55.3 Å². The van der Waals surface area contributed by atoms with Gasteiger partial charge in [0.2, 0.25) is 0 Å². The van der Waals surface area contributed by atoms with E-state index in [9.17, 15) is 61.4 Å². The second-order valence-electron chi connectivity index (χ2n) is 20.3. The summed E-state index contributed by atoms with van der Waals surface area (Å²) < 4.78 is 134. The van der Waals surface area contributed by atoms with Crippen LogP contribution in [0, 0.1) is 12.2 Å². The number of aliphatic hydroxyl groups is 3. The Morgan fingerprint density at radius 1 is 0.691 bits per heavy atom. The van der Waals surface area contributed by atoms with E-state index in [-0.39, 0.29) is 54.6 Å². The van der Waals surface area contributed by atoms with Crippen LogP contribution in [0.3, 0.4) is 0 Å². The van der Waals surface area contributed by atoms with Crippen LogP contribution in [0.15, 0.2) is 34.5 Å². The SMILES string of the molecule is C.CCCCCCCC.CCCCCCCC.CCCCNP(NCCCC)(OO)(OOO)[P+](=O)[O-].[N-]=[N+]=N[C@]1(CO)O[C@@H](c2ccc3c(N)nc(F)nn23)[C@H](F)[C@@H]1O.[N-]=[N+]=N[C@]1(COP(=O)(O)OP(=O)(O)OP(=O)(O)O)O[C@@H](c2ccc3c(N)nc(F)nn23)[C@H](F)[C@@H]1O.